The molecule has 1 aromatic carbocycles. The molecule has 0 aliphatic heterocycles. The second kappa shape index (κ2) is 11.5. The van der Waals surface area contributed by atoms with Crippen molar-refractivity contribution >= 4 is 34.3 Å². The summed E-state index contributed by atoms with van der Waals surface area (Å²) in [5.74, 6) is -0.218. The molecule has 0 radical (unpaired) electrons. The molecule has 0 atom stereocenters. The van der Waals surface area contributed by atoms with Gasteiger partial charge >= 0.3 is 5.97 Å². The summed E-state index contributed by atoms with van der Waals surface area (Å²) in [5, 5.41) is 12.8. The molecule has 0 bridgehead atoms. The van der Waals surface area contributed by atoms with Crippen LogP contribution in [0, 0.1) is 11.3 Å². The molecule has 0 unspecified atom stereocenters. The Morgan fingerprint density at radius 1 is 1.19 bits per heavy atom. The number of fused-ring (bicyclic) bond motifs is 1. The van der Waals surface area contributed by atoms with E-state index in [1.165, 1.54) is 17.4 Å². The second-order valence-electron chi connectivity index (χ2n) is 7.53. The predicted octanol–water partition coefficient (Wildman–Crippen LogP) is 5.53. The van der Waals surface area contributed by atoms with E-state index in [1.54, 1.807) is 19.1 Å². The van der Waals surface area contributed by atoms with Crippen molar-refractivity contribution < 1.29 is 19.1 Å². The number of aryl methyl sites for hydroxylation is 1. The summed E-state index contributed by atoms with van der Waals surface area (Å²) in [6, 6.07) is 9.22. The van der Waals surface area contributed by atoms with Crippen LogP contribution in [0.15, 0.2) is 29.8 Å². The summed E-state index contributed by atoms with van der Waals surface area (Å²) in [6.07, 6.45) is 7.32. The zero-order valence-corrected chi connectivity index (χ0v) is 19.3. The number of hydrogen-bond acceptors (Lipinski definition) is 6. The molecule has 0 spiro atoms. The van der Waals surface area contributed by atoms with Gasteiger partial charge in [0, 0.05) is 4.88 Å². The highest BCUT2D eigenvalue weighted by molar-refractivity contribution is 7.17. The lowest BCUT2D eigenvalue weighted by Gasteiger charge is -2.12. The highest BCUT2D eigenvalue weighted by Gasteiger charge is 2.27. The Morgan fingerprint density at radius 3 is 2.62 bits per heavy atom. The van der Waals surface area contributed by atoms with Gasteiger partial charge in [0.15, 0.2) is 0 Å². The number of thiophene rings is 1. The first-order chi connectivity index (χ1) is 15.6. The number of hydrogen-bond donors (Lipinski definition) is 1. The topological polar surface area (TPSA) is 88.4 Å². The van der Waals surface area contributed by atoms with Crippen LogP contribution in [0.4, 0.5) is 5.00 Å². The van der Waals surface area contributed by atoms with Gasteiger partial charge in [-0.1, -0.05) is 25.5 Å². The van der Waals surface area contributed by atoms with Gasteiger partial charge in [-0.25, -0.2) is 4.79 Å². The summed E-state index contributed by atoms with van der Waals surface area (Å²) in [6.45, 7) is 4.78. The quantitative estimate of drug-likeness (QED) is 0.234. The number of benzene rings is 1. The van der Waals surface area contributed by atoms with Gasteiger partial charge in [-0.3, -0.25) is 4.79 Å². The van der Waals surface area contributed by atoms with E-state index in [9.17, 15) is 14.9 Å². The van der Waals surface area contributed by atoms with Crippen LogP contribution in [0.25, 0.3) is 6.08 Å². The molecule has 2 aromatic rings. The molecular weight excluding hydrogens is 424 g/mol. The molecule has 0 saturated heterocycles. The van der Waals surface area contributed by atoms with E-state index in [0.717, 1.165) is 60.3 Å². The minimum Gasteiger partial charge on any atom is -0.494 e. The lowest BCUT2D eigenvalue weighted by atomic mass is 9.95. The van der Waals surface area contributed by atoms with Crippen LogP contribution in [0.3, 0.4) is 0 Å². The van der Waals surface area contributed by atoms with Gasteiger partial charge < -0.3 is 14.8 Å². The fourth-order valence-electron chi connectivity index (χ4n) is 3.55. The third-order valence-electron chi connectivity index (χ3n) is 5.20. The Kier molecular flexibility index (Phi) is 8.46. The van der Waals surface area contributed by atoms with Crippen molar-refractivity contribution in [1.29, 1.82) is 5.26 Å². The average Bonchev–Trinajstić information content (AvgIpc) is 3.16. The van der Waals surface area contributed by atoms with Crippen LogP contribution in [-0.2, 0) is 22.4 Å². The number of anilines is 1. The molecule has 1 aliphatic carbocycles. The summed E-state index contributed by atoms with van der Waals surface area (Å²) in [7, 11) is 0. The zero-order chi connectivity index (χ0) is 22.9. The second-order valence-corrected chi connectivity index (χ2v) is 8.64. The van der Waals surface area contributed by atoms with Gasteiger partial charge in [0.25, 0.3) is 5.91 Å². The number of nitriles is 1. The normalized spacial score (nSPS) is 13.1. The van der Waals surface area contributed by atoms with Gasteiger partial charge in [-0.15, -0.1) is 11.3 Å². The molecule has 168 valence electrons. The molecule has 3 rings (SSSR count). The first kappa shape index (κ1) is 23.6. The predicted molar refractivity (Wildman–Crippen MR) is 126 cm³/mol. The van der Waals surface area contributed by atoms with Crippen molar-refractivity contribution in [1.82, 2.24) is 0 Å². The van der Waals surface area contributed by atoms with Crippen molar-refractivity contribution in [2.75, 3.05) is 18.5 Å². The van der Waals surface area contributed by atoms with Crippen LogP contribution in [-0.4, -0.2) is 25.1 Å². The number of ether oxygens (including phenoxy) is 2. The SMILES string of the molecule is CCCCOc1ccc(/C=C(\C#N)C(=O)Nc2sc3c(c2C(=O)OCC)CCCC3)cc1. The molecule has 1 heterocycles. The maximum absolute atomic E-state index is 12.9. The van der Waals surface area contributed by atoms with Gasteiger partial charge in [0.2, 0.25) is 0 Å². The molecule has 1 N–H and O–H groups in total. The Balaban J connectivity index is 1.79. The van der Waals surface area contributed by atoms with Crippen LogP contribution in [0.2, 0.25) is 0 Å². The number of carbonyl (C=O) groups excluding carboxylic acids is 2. The smallest absolute Gasteiger partial charge is 0.341 e. The molecule has 0 fully saturated rings. The Labute approximate surface area is 192 Å². The third-order valence-corrected chi connectivity index (χ3v) is 6.41. The van der Waals surface area contributed by atoms with E-state index in [-0.39, 0.29) is 12.2 Å². The summed E-state index contributed by atoms with van der Waals surface area (Å²) >= 11 is 1.40. The number of nitrogens with zero attached hydrogens (tertiary/aromatic N) is 1. The molecule has 7 heteroatoms. The zero-order valence-electron chi connectivity index (χ0n) is 18.5. The Morgan fingerprint density at radius 2 is 1.94 bits per heavy atom. The number of esters is 1. The van der Waals surface area contributed by atoms with Crippen LogP contribution in [0.1, 0.15) is 65.9 Å². The lowest BCUT2D eigenvalue weighted by Crippen LogP contribution is -2.16. The minimum absolute atomic E-state index is 0.0363. The van der Waals surface area contributed by atoms with E-state index in [0.29, 0.717) is 17.2 Å². The number of carbonyl (C=O) groups is 2. The summed E-state index contributed by atoms with van der Waals surface area (Å²) in [5.41, 5.74) is 2.09. The van der Waals surface area contributed by atoms with Crippen molar-refractivity contribution in [3.63, 3.8) is 0 Å². The molecule has 1 aromatic heterocycles. The van der Waals surface area contributed by atoms with E-state index in [4.69, 9.17) is 9.47 Å². The molecule has 32 heavy (non-hydrogen) atoms. The van der Waals surface area contributed by atoms with Crippen LogP contribution >= 0.6 is 11.3 Å². The molecule has 1 amide bonds. The minimum atomic E-state index is -0.542. The van der Waals surface area contributed by atoms with Gasteiger partial charge in [-0.05, 0) is 68.4 Å². The standard InChI is InChI=1S/C25H28N2O4S/c1-3-5-14-31-19-12-10-17(11-13-19)15-18(16-26)23(28)27-24-22(25(29)30-4-2)20-8-6-7-9-21(20)32-24/h10-13,15H,3-9,14H2,1-2H3,(H,27,28)/b18-15+. The van der Waals surface area contributed by atoms with Gasteiger partial charge in [0.05, 0.1) is 18.8 Å². The van der Waals surface area contributed by atoms with E-state index in [1.807, 2.05) is 18.2 Å². The summed E-state index contributed by atoms with van der Waals surface area (Å²) in [4.78, 5) is 26.5. The molecule has 6 nitrogen and oxygen atoms in total. The fourth-order valence-corrected chi connectivity index (χ4v) is 4.83. The van der Waals surface area contributed by atoms with Crippen LogP contribution in [0.5, 0.6) is 5.75 Å². The number of unbranched alkanes of at least 4 members (excludes halogenated alkanes) is 1. The average molecular weight is 453 g/mol. The first-order valence-electron chi connectivity index (χ1n) is 11.0. The van der Waals surface area contributed by atoms with Crippen molar-refractivity contribution in [3.05, 3.63) is 51.4 Å². The van der Waals surface area contributed by atoms with Crippen molar-refractivity contribution in [2.45, 2.75) is 52.4 Å². The van der Waals surface area contributed by atoms with Crippen LogP contribution < -0.4 is 10.1 Å². The van der Waals surface area contributed by atoms with Crippen molar-refractivity contribution in [2.24, 2.45) is 0 Å². The fraction of sp³-hybridized carbons (Fsp3) is 0.400. The lowest BCUT2D eigenvalue weighted by molar-refractivity contribution is -0.112. The first-order valence-corrected chi connectivity index (χ1v) is 11.9. The molecule has 1 aliphatic rings. The van der Waals surface area contributed by atoms with E-state index < -0.39 is 11.9 Å². The molecule has 0 saturated carbocycles. The van der Waals surface area contributed by atoms with Gasteiger partial charge in [-0.2, -0.15) is 5.26 Å². The van der Waals surface area contributed by atoms with Gasteiger partial charge in [0.1, 0.15) is 22.4 Å². The van der Waals surface area contributed by atoms with E-state index >= 15 is 0 Å². The number of nitrogens with one attached hydrogen (secondary N) is 1. The summed E-state index contributed by atoms with van der Waals surface area (Å²) < 4.78 is 10.9. The Bertz CT molecular complexity index is 1030. The monoisotopic (exact) mass is 452 g/mol. The maximum atomic E-state index is 12.9. The number of rotatable bonds is 9. The number of amides is 1. The highest BCUT2D eigenvalue weighted by atomic mass is 32.1. The van der Waals surface area contributed by atoms with Crippen molar-refractivity contribution in [3.8, 4) is 11.8 Å². The largest absolute Gasteiger partial charge is 0.494 e. The highest BCUT2D eigenvalue weighted by Crippen LogP contribution is 2.38. The maximum Gasteiger partial charge on any atom is 0.341 e. The van der Waals surface area contributed by atoms with E-state index in [2.05, 4.69) is 12.2 Å². The Hall–Kier alpha value is -3.11. The molecular formula is C25H28N2O4S. The third kappa shape index (κ3) is 5.77.